The van der Waals surface area contributed by atoms with Crippen LogP contribution in [0, 0.1) is 56.7 Å². The van der Waals surface area contributed by atoms with Crippen LogP contribution in [0.2, 0.25) is 0 Å². The van der Waals surface area contributed by atoms with Gasteiger partial charge in [-0.3, -0.25) is 4.79 Å². The van der Waals surface area contributed by atoms with Crippen molar-refractivity contribution in [2.24, 2.45) is 35.3 Å². The molecule has 1 aliphatic carbocycles. The van der Waals surface area contributed by atoms with E-state index in [2.05, 4.69) is 64.7 Å². The van der Waals surface area contributed by atoms with E-state index in [0.717, 1.165) is 19.4 Å². The second-order valence-corrected chi connectivity index (χ2v) is 16.1. The highest BCUT2D eigenvalue weighted by Crippen LogP contribution is 2.32. The smallest absolute Gasteiger partial charge is 0.434 e. The van der Waals surface area contributed by atoms with E-state index < -0.39 is 40.5 Å². The number of aliphatic hydroxyl groups is 1. The summed E-state index contributed by atoms with van der Waals surface area (Å²) >= 11 is 0. The second-order valence-electron chi connectivity index (χ2n) is 16.1. The molecule has 17 nitrogen and oxygen atoms in total. The summed E-state index contributed by atoms with van der Waals surface area (Å²) in [7, 11) is 1.72. The zero-order valence-corrected chi connectivity index (χ0v) is 34.5. The van der Waals surface area contributed by atoms with Crippen molar-refractivity contribution >= 4 is 23.0 Å². The molecule has 0 radical (unpaired) electrons. The molecule has 1 amide bonds. The molecule has 322 valence electrons. The third-order valence-electron chi connectivity index (χ3n) is 11.2. The Morgan fingerprint density at radius 1 is 0.965 bits per heavy atom. The van der Waals surface area contributed by atoms with Gasteiger partial charge in [0.2, 0.25) is 5.91 Å². The van der Waals surface area contributed by atoms with Gasteiger partial charge in [0.25, 0.3) is 10.2 Å². The fraction of sp³-hybridized carbons (Fsp3) is 0.750. The molecule has 1 heterocycles. The lowest BCUT2D eigenvalue weighted by Gasteiger charge is -2.35. The summed E-state index contributed by atoms with van der Waals surface area (Å²) in [6.07, 6.45) is 4.66. The first-order valence-corrected chi connectivity index (χ1v) is 20.3. The first-order valence-electron chi connectivity index (χ1n) is 20.3. The summed E-state index contributed by atoms with van der Waals surface area (Å²) in [4.78, 5) is 55.7. The van der Waals surface area contributed by atoms with Gasteiger partial charge >= 0.3 is 6.16 Å². The molecule has 1 aliphatic rings. The van der Waals surface area contributed by atoms with E-state index in [0.29, 0.717) is 44.6 Å². The normalized spacial score (nSPS) is 18.4. The number of rotatable bonds is 26. The van der Waals surface area contributed by atoms with Crippen LogP contribution in [-0.4, -0.2) is 89.7 Å². The minimum atomic E-state index is -0.995. The molecule has 0 bridgehead atoms. The zero-order valence-electron chi connectivity index (χ0n) is 34.5. The Bertz CT molecular complexity index is 1560. The van der Waals surface area contributed by atoms with Crippen molar-refractivity contribution in [2.75, 3.05) is 33.5 Å². The Kier molecular flexibility index (Phi) is 19.8. The molecule has 1 aromatic heterocycles. The van der Waals surface area contributed by atoms with Crippen LogP contribution < -0.4 is 11.1 Å². The van der Waals surface area contributed by atoms with E-state index >= 15 is 0 Å². The first-order chi connectivity index (χ1) is 27.1. The average molecular weight is 808 g/mol. The van der Waals surface area contributed by atoms with Gasteiger partial charge in [-0.25, -0.2) is 4.79 Å². The lowest BCUT2D eigenvalue weighted by molar-refractivity contribution is -0.758. The van der Waals surface area contributed by atoms with Gasteiger partial charge in [-0.2, -0.15) is 0 Å². The number of amides is 1. The van der Waals surface area contributed by atoms with Crippen LogP contribution in [0.25, 0.3) is 10.9 Å². The number of fused-ring (bicyclic) bond motifs is 1. The molecular weight excluding hydrogens is 742 g/mol. The number of ether oxygens (including phenoxy) is 3. The van der Waals surface area contributed by atoms with E-state index in [-0.39, 0.29) is 68.8 Å². The number of aryl methyl sites for hydroxylation is 2. The van der Waals surface area contributed by atoms with Crippen molar-refractivity contribution in [3.8, 4) is 0 Å². The zero-order chi connectivity index (χ0) is 42.1. The quantitative estimate of drug-likeness (QED) is 0.0433. The largest absolute Gasteiger partial charge is 0.508 e. The highest BCUT2D eigenvalue weighted by molar-refractivity contribution is 5.84. The number of carbonyl (C=O) groups excluding carboxylic acids is 2. The molecule has 5 atom stereocenters. The van der Waals surface area contributed by atoms with Gasteiger partial charge in [0, 0.05) is 68.2 Å². The van der Waals surface area contributed by atoms with Gasteiger partial charge < -0.3 is 44.6 Å². The molecule has 57 heavy (non-hydrogen) atoms. The van der Waals surface area contributed by atoms with Gasteiger partial charge in [0.15, 0.2) is 0 Å². The molecule has 1 fully saturated rings. The van der Waals surface area contributed by atoms with Crippen LogP contribution in [0.5, 0.6) is 0 Å². The van der Waals surface area contributed by atoms with E-state index in [1.54, 1.807) is 7.11 Å². The molecule has 0 aliphatic heterocycles. The maximum absolute atomic E-state index is 13.7. The molecular formula is C40H65N5O12. The molecule has 1 unspecified atom stereocenters. The van der Waals surface area contributed by atoms with Gasteiger partial charge in [-0.05, 0) is 99.2 Å². The molecule has 1 aromatic carbocycles. The number of benzene rings is 1. The van der Waals surface area contributed by atoms with Crippen molar-refractivity contribution in [1.29, 1.82) is 0 Å². The number of methoxy groups -OCH3 is 1. The number of nitrogens with zero attached hydrogens (tertiary/aromatic N) is 3. The number of hydrogen-bond acceptors (Lipinski definition) is 13. The van der Waals surface area contributed by atoms with E-state index in [1.807, 2.05) is 13.8 Å². The van der Waals surface area contributed by atoms with Gasteiger partial charge in [-0.1, -0.05) is 39.8 Å². The Balaban J connectivity index is 1.55. The number of aliphatic hydroxyl groups excluding tert-OH is 1. The van der Waals surface area contributed by atoms with Crippen LogP contribution in [0.3, 0.4) is 0 Å². The number of aromatic nitrogens is 1. The van der Waals surface area contributed by atoms with E-state index in [1.165, 1.54) is 22.0 Å². The minimum Gasteiger partial charge on any atom is -0.434 e. The molecule has 0 saturated heterocycles. The lowest BCUT2D eigenvalue weighted by Crippen LogP contribution is -2.46. The van der Waals surface area contributed by atoms with Crippen LogP contribution in [-0.2, 0) is 41.6 Å². The summed E-state index contributed by atoms with van der Waals surface area (Å²) in [5.41, 5.74) is 10.4. The molecule has 17 heteroatoms. The van der Waals surface area contributed by atoms with Crippen molar-refractivity contribution in [3.63, 3.8) is 0 Å². The number of nitrogens with one attached hydrogen (secondary N) is 1. The lowest BCUT2D eigenvalue weighted by atomic mass is 9.80. The van der Waals surface area contributed by atoms with E-state index in [9.17, 15) is 34.9 Å². The molecule has 2 aromatic rings. The monoisotopic (exact) mass is 807 g/mol. The highest BCUT2D eigenvalue weighted by atomic mass is 17.0. The standard InChI is InChI=1S/C40H65N5O12/c1-26(2)31(21-29-9-14-33-28(5)25-43(36(33)22-29)16-7-17-53-6)23-35(41)37(46)24-34(27(3)4)39(47)42-32-12-10-30(11-13-32)38(15-20-56-45(51)52)57-40(48)54-18-8-19-55-44(49)50/h9,14,22,25-27,30-32,34-35,37-38,46H,7-8,10-13,15-21,23-24,41H2,1-6H3,(H,42,47)/t30?,31-,32?,34-,35-,37-,38?/m0/s1. The topological polar surface area (TPSA) is 230 Å². The second kappa shape index (κ2) is 23.9. The fourth-order valence-electron chi connectivity index (χ4n) is 7.82. The summed E-state index contributed by atoms with van der Waals surface area (Å²) in [6.45, 7) is 11.3. The van der Waals surface area contributed by atoms with Crippen molar-refractivity contribution in [2.45, 2.75) is 130 Å². The summed E-state index contributed by atoms with van der Waals surface area (Å²) < 4.78 is 18.1. The maximum atomic E-state index is 13.7. The van der Waals surface area contributed by atoms with Crippen LogP contribution in [0.4, 0.5) is 4.79 Å². The van der Waals surface area contributed by atoms with Crippen LogP contribution in [0.1, 0.15) is 96.6 Å². The predicted octanol–water partition coefficient (Wildman–Crippen LogP) is 5.94. The van der Waals surface area contributed by atoms with Gasteiger partial charge in [0.1, 0.15) is 12.7 Å². The van der Waals surface area contributed by atoms with Crippen molar-refractivity contribution in [1.82, 2.24) is 9.88 Å². The fourth-order valence-corrected chi connectivity index (χ4v) is 7.82. The first kappa shape index (κ1) is 47.2. The highest BCUT2D eigenvalue weighted by Gasteiger charge is 2.34. The summed E-state index contributed by atoms with van der Waals surface area (Å²) in [5.74, 6) is -0.259. The van der Waals surface area contributed by atoms with E-state index in [4.69, 9.17) is 19.9 Å². The third-order valence-corrected chi connectivity index (χ3v) is 11.2. The van der Waals surface area contributed by atoms with Crippen LogP contribution >= 0.6 is 0 Å². The minimum absolute atomic E-state index is 0.0455. The number of nitrogens with two attached hydrogens (primary N) is 1. The van der Waals surface area contributed by atoms with Gasteiger partial charge in [0.05, 0.1) is 19.3 Å². The third kappa shape index (κ3) is 15.9. The molecule has 1 saturated carbocycles. The summed E-state index contributed by atoms with van der Waals surface area (Å²) in [6, 6.07) is 6.00. The van der Waals surface area contributed by atoms with Gasteiger partial charge in [-0.15, -0.1) is 20.2 Å². The molecule has 0 spiro atoms. The predicted molar refractivity (Wildman–Crippen MR) is 212 cm³/mol. The Morgan fingerprint density at radius 3 is 2.28 bits per heavy atom. The Morgan fingerprint density at radius 2 is 1.65 bits per heavy atom. The summed E-state index contributed by atoms with van der Waals surface area (Å²) in [5, 5.41) is 35.0. The SMILES string of the molecule is COCCCn1cc(C)c2ccc(C[C@@H](C[C@H](N)[C@@H](O)C[C@H](C(=O)NC3CCC(C(CCO[N+](=O)[O-])OC(=O)OCCCO[N+](=O)[O-])CC3)C(C)C)C(C)C)cc21. The van der Waals surface area contributed by atoms with Crippen molar-refractivity contribution < 1.29 is 48.8 Å². The Labute approximate surface area is 335 Å². The van der Waals surface area contributed by atoms with Crippen LogP contribution in [0.15, 0.2) is 24.4 Å². The Hall–Kier alpha value is -4.22. The maximum Gasteiger partial charge on any atom is 0.508 e. The molecule has 3 rings (SSSR count). The number of carbonyl (C=O) groups is 2. The average Bonchev–Trinajstić information content (AvgIpc) is 3.46. The van der Waals surface area contributed by atoms with Crippen molar-refractivity contribution in [3.05, 3.63) is 55.8 Å². The molecule has 4 N–H and O–H groups in total. The number of hydrogen-bond donors (Lipinski definition) is 3.